The van der Waals surface area contributed by atoms with E-state index in [0.717, 1.165) is 0 Å². The molecule has 5 atom stereocenters. The highest BCUT2D eigenvalue weighted by Crippen LogP contribution is 2.26. The molecule has 0 saturated carbocycles. The lowest BCUT2D eigenvalue weighted by atomic mass is 9.99. The minimum absolute atomic E-state index is 0.416. The van der Waals surface area contributed by atoms with Crippen LogP contribution in [0.15, 0.2) is 24.3 Å². The zero-order chi connectivity index (χ0) is 16.3. The van der Waals surface area contributed by atoms with Crippen LogP contribution in [0.2, 0.25) is 0 Å². The van der Waals surface area contributed by atoms with Gasteiger partial charge in [-0.3, -0.25) is 0 Å². The van der Waals surface area contributed by atoms with Gasteiger partial charge in [-0.2, -0.15) is 0 Å². The number of aliphatic hydroxyl groups is 2. The summed E-state index contributed by atoms with van der Waals surface area (Å²) in [7, 11) is 0. The Morgan fingerprint density at radius 1 is 1.27 bits per heavy atom. The summed E-state index contributed by atoms with van der Waals surface area (Å²) in [5.41, 5.74) is 6.13. The number of carboxylic acid groups (broad SMARTS) is 1. The molecule has 22 heavy (non-hydrogen) atoms. The largest absolute Gasteiger partial charge is 0.480 e. The molecule has 0 spiro atoms. The first-order valence-electron chi connectivity index (χ1n) is 6.75. The van der Waals surface area contributed by atoms with Crippen molar-refractivity contribution in [1.82, 2.24) is 0 Å². The number of rotatable bonds is 5. The maximum absolute atomic E-state index is 10.6. The maximum Gasteiger partial charge on any atom is 0.329 e. The van der Waals surface area contributed by atoms with Gasteiger partial charge >= 0.3 is 5.97 Å². The standard InChI is InChI=1S/C14H19NO7/c1-7-11(18)13(20-6-10(16)17)12(19)14(21-7)22-9-4-2-8(15)3-5-9/h2-5,7,11-14,18-19H,6,15H2,1H3,(H,16,17)/t7-,11-,12+,13+,14-/m0/s1. The topological polar surface area (TPSA) is 131 Å². The van der Waals surface area contributed by atoms with Gasteiger partial charge in [0.1, 0.15) is 30.7 Å². The van der Waals surface area contributed by atoms with Gasteiger partial charge in [0.25, 0.3) is 0 Å². The van der Waals surface area contributed by atoms with Crippen molar-refractivity contribution in [2.45, 2.75) is 37.6 Å². The van der Waals surface area contributed by atoms with E-state index in [1.165, 1.54) is 0 Å². The van der Waals surface area contributed by atoms with Crippen LogP contribution in [-0.2, 0) is 14.3 Å². The van der Waals surface area contributed by atoms with Crippen molar-refractivity contribution in [2.75, 3.05) is 12.3 Å². The third-order valence-electron chi connectivity index (χ3n) is 3.31. The van der Waals surface area contributed by atoms with E-state index in [4.69, 9.17) is 25.1 Å². The van der Waals surface area contributed by atoms with Crippen molar-refractivity contribution in [2.24, 2.45) is 0 Å². The fourth-order valence-electron chi connectivity index (χ4n) is 2.14. The van der Waals surface area contributed by atoms with Gasteiger partial charge in [0.05, 0.1) is 6.10 Å². The first-order valence-corrected chi connectivity index (χ1v) is 6.75. The molecular weight excluding hydrogens is 294 g/mol. The van der Waals surface area contributed by atoms with Crippen LogP contribution in [0.1, 0.15) is 6.92 Å². The van der Waals surface area contributed by atoms with Gasteiger partial charge < -0.3 is 35.3 Å². The fourth-order valence-corrected chi connectivity index (χ4v) is 2.14. The monoisotopic (exact) mass is 313 g/mol. The summed E-state index contributed by atoms with van der Waals surface area (Å²) in [6.45, 7) is 0.938. The van der Waals surface area contributed by atoms with Gasteiger partial charge in [-0.25, -0.2) is 4.79 Å². The molecule has 122 valence electrons. The summed E-state index contributed by atoms with van der Waals surface area (Å²) < 4.78 is 16.0. The molecule has 0 amide bonds. The lowest BCUT2D eigenvalue weighted by molar-refractivity contribution is -0.276. The Kier molecular flexibility index (Phi) is 5.19. The lowest BCUT2D eigenvalue weighted by Crippen LogP contribution is -2.59. The molecule has 0 unspecified atom stereocenters. The van der Waals surface area contributed by atoms with Crippen molar-refractivity contribution >= 4 is 11.7 Å². The number of carboxylic acids is 1. The number of ether oxygens (including phenoxy) is 3. The Balaban J connectivity index is 2.07. The highest BCUT2D eigenvalue weighted by molar-refractivity contribution is 5.68. The third-order valence-corrected chi connectivity index (χ3v) is 3.31. The second-order valence-corrected chi connectivity index (χ2v) is 5.05. The van der Waals surface area contributed by atoms with Crippen molar-refractivity contribution in [1.29, 1.82) is 0 Å². The molecule has 2 rings (SSSR count). The van der Waals surface area contributed by atoms with Crippen molar-refractivity contribution in [3.05, 3.63) is 24.3 Å². The van der Waals surface area contributed by atoms with E-state index < -0.39 is 43.3 Å². The van der Waals surface area contributed by atoms with Crippen LogP contribution in [0.3, 0.4) is 0 Å². The number of nitrogens with two attached hydrogens (primary N) is 1. The van der Waals surface area contributed by atoms with E-state index in [0.29, 0.717) is 11.4 Å². The first-order chi connectivity index (χ1) is 10.4. The molecule has 0 aliphatic carbocycles. The van der Waals surface area contributed by atoms with Gasteiger partial charge in [0.15, 0.2) is 0 Å². The van der Waals surface area contributed by atoms with Gasteiger partial charge in [-0.1, -0.05) is 0 Å². The molecular formula is C14H19NO7. The molecule has 8 heteroatoms. The number of carbonyl (C=O) groups is 1. The van der Waals surface area contributed by atoms with Gasteiger partial charge in [0, 0.05) is 5.69 Å². The van der Waals surface area contributed by atoms with E-state index in [1.54, 1.807) is 31.2 Å². The molecule has 8 nitrogen and oxygen atoms in total. The summed E-state index contributed by atoms with van der Waals surface area (Å²) in [5.74, 6) is -0.784. The number of nitrogen functional groups attached to an aromatic ring is 1. The van der Waals surface area contributed by atoms with E-state index in [2.05, 4.69) is 0 Å². The number of aliphatic hydroxyl groups excluding tert-OH is 2. The Morgan fingerprint density at radius 2 is 1.91 bits per heavy atom. The Labute approximate surface area is 127 Å². The van der Waals surface area contributed by atoms with E-state index >= 15 is 0 Å². The number of benzene rings is 1. The van der Waals surface area contributed by atoms with E-state index in [9.17, 15) is 15.0 Å². The van der Waals surface area contributed by atoms with Crippen LogP contribution < -0.4 is 10.5 Å². The van der Waals surface area contributed by atoms with Crippen molar-refractivity contribution < 1.29 is 34.3 Å². The lowest BCUT2D eigenvalue weighted by Gasteiger charge is -2.40. The minimum atomic E-state index is -1.34. The smallest absolute Gasteiger partial charge is 0.329 e. The third kappa shape index (κ3) is 3.86. The van der Waals surface area contributed by atoms with Gasteiger partial charge in [-0.15, -0.1) is 0 Å². The molecule has 1 fully saturated rings. The van der Waals surface area contributed by atoms with Crippen molar-refractivity contribution in [3.63, 3.8) is 0 Å². The first kappa shape index (κ1) is 16.5. The van der Waals surface area contributed by atoms with E-state index in [-0.39, 0.29) is 0 Å². The summed E-state index contributed by atoms with van der Waals surface area (Å²) in [4.78, 5) is 10.6. The fraction of sp³-hybridized carbons (Fsp3) is 0.500. The zero-order valence-corrected chi connectivity index (χ0v) is 12.0. The van der Waals surface area contributed by atoms with Crippen LogP contribution in [0.5, 0.6) is 5.75 Å². The number of hydrogen-bond acceptors (Lipinski definition) is 7. The average Bonchev–Trinajstić information content (AvgIpc) is 2.46. The normalized spacial score (nSPS) is 31.7. The molecule has 1 saturated heterocycles. The Bertz CT molecular complexity index is 506. The quantitative estimate of drug-likeness (QED) is 0.539. The van der Waals surface area contributed by atoms with Gasteiger partial charge in [-0.05, 0) is 31.2 Å². The van der Waals surface area contributed by atoms with Crippen LogP contribution in [0.25, 0.3) is 0 Å². The predicted molar refractivity (Wildman–Crippen MR) is 75.2 cm³/mol. The van der Waals surface area contributed by atoms with Crippen LogP contribution >= 0.6 is 0 Å². The molecule has 1 heterocycles. The molecule has 1 aliphatic heterocycles. The predicted octanol–water partition coefficient (Wildman–Crippen LogP) is -0.416. The summed E-state index contributed by atoms with van der Waals surface area (Å²) in [6.07, 6.45) is -5.43. The molecule has 1 aromatic carbocycles. The molecule has 0 aromatic heterocycles. The number of aliphatic carboxylic acids is 1. The van der Waals surface area contributed by atoms with Crippen LogP contribution in [0, 0.1) is 0 Å². The molecule has 0 bridgehead atoms. The summed E-state index contributed by atoms with van der Waals surface area (Å²) in [6, 6.07) is 6.46. The molecule has 5 N–H and O–H groups in total. The van der Waals surface area contributed by atoms with Crippen molar-refractivity contribution in [3.8, 4) is 5.75 Å². The minimum Gasteiger partial charge on any atom is -0.480 e. The number of anilines is 1. The summed E-state index contributed by atoms with van der Waals surface area (Å²) in [5, 5.41) is 28.8. The maximum atomic E-state index is 10.6. The van der Waals surface area contributed by atoms with Gasteiger partial charge in [0.2, 0.25) is 6.29 Å². The Hall–Kier alpha value is -1.87. The highest BCUT2D eigenvalue weighted by Gasteiger charge is 2.45. The molecule has 1 aliphatic rings. The second kappa shape index (κ2) is 6.93. The zero-order valence-electron chi connectivity index (χ0n) is 12.0. The highest BCUT2D eigenvalue weighted by atomic mass is 16.7. The van der Waals surface area contributed by atoms with Crippen LogP contribution in [0.4, 0.5) is 5.69 Å². The molecule has 0 radical (unpaired) electrons. The second-order valence-electron chi connectivity index (χ2n) is 5.05. The average molecular weight is 313 g/mol. The Morgan fingerprint density at radius 3 is 2.50 bits per heavy atom. The van der Waals surface area contributed by atoms with E-state index in [1.807, 2.05) is 0 Å². The molecule has 1 aromatic rings. The SMILES string of the molecule is C[C@@H]1O[C@@H](Oc2ccc(N)cc2)[C@H](O)[C@H](OCC(=O)O)[C@H]1O. The van der Waals surface area contributed by atoms with Crippen LogP contribution in [-0.4, -0.2) is 58.6 Å². The number of hydrogen-bond donors (Lipinski definition) is 4. The summed E-state index contributed by atoms with van der Waals surface area (Å²) >= 11 is 0.